The maximum atomic E-state index is 13.1. The van der Waals surface area contributed by atoms with Crippen LogP contribution in [0.2, 0.25) is 5.02 Å². The summed E-state index contributed by atoms with van der Waals surface area (Å²) in [5, 5.41) is 0.555. The van der Waals surface area contributed by atoms with E-state index in [0.29, 0.717) is 30.9 Å². The van der Waals surface area contributed by atoms with E-state index in [9.17, 15) is 9.59 Å². The van der Waals surface area contributed by atoms with Gasteiger partial charge in [0.2, 0.25) is 11.5 Å². The van der Waals surface area contributed by atoms with E-state index in [4.69, 9.17) is 16.3 Å². The number of aromatic nitrogens is 1. The van der Waals surface area contributed by atoms with E-state index in [-0.39, 0.29) is 24.8 Å². The molecule has 0 saturated carbocycles. The number of hydrogen-bond acceptors (Lipinski definition) is 5. The second-order valence-corrected chi connectivity index (χ2v) is 7.87. The molecule has 0 unspecified atom stereocenters. The van der Waals surface area contributed by atoms with Gasteiger partial charge < -0.3 is 4.74 Å². The van der Waals surface area contributed by atoms with Crippen LogP contribution in [0.1, 0.15) is 27.7 Å². The number of carbonyl (C=O) groups is 2. The lowest BCUT2D eigenvalue weighted by atomic mass is 10.0. The molecule has 7 heteroatoms. The van der Waals surface area contributed by atoms with Crippen molar-refractivity contribution < 1.29 is 18.9 Å². The standard InChI is InChI=1S/C20H16ClNO3S2/c1-2-25-16(23)12-15-17(22-10-4-3-5-11-22)20(26)27-19(15)18(24)13-6-8-14(21)9-7-13/h3-11H,2,12H2,1H3/p+1. The van der Waals surface area contributed by atoms with Gasteiger partial charge in [-0.2, -0.15) is 4.57 Å². The number of rotatable bonds is 6. The van der Waals surface area contributed by atoms with Gasteiger partial charge in [-0.05, 0) is 31.2 Å². The van der Waals surface area contributed by atoms with Crippen molar-refractivity contribution in [2.75, 3.05) is 6.61 Å². The first-order valence-corrected chi connectivity index (χ1v) is 9.92. The molecule has 27 heavy (non-hydrogen) atoms. The maximum Gasteiger partial charge on any atom is 0.310 e. The number of ether oxygens (including phenoxy) is 1. The Balaban J connectivity index is 2.11. The Hall–Kier alpha value is -2.15. The fraction of sp³-hybridized carbons (Fsp3) is 0.150. The zero-order valence-corrected chi connectivity index (χ0v) is 17.0. The van der Waals surface area contributed by atoms with Gasteiger partial charge in [0.25, 0.3) is 0 Å². The summed E-state index contributed by atoms with van der Waals surface area (Å²) in [5.74, 6) is -0.555. The molecule has 0 radical (unpaired) electrons. The smallest absolute Gasteiger partial charge is 0.310 e. The van der Waals surface area contributed by atoms with Crippen LogP contribution in [-0.2, 0) is 16.0 Å². The summed E-state index contributed by atoms with van der Waals surface area (Å²) in [5.41, 5.74) is 1.83. The molecule has 138 valence electrons. The Labute approximate surface area is 171 Å². The minimum absolute atomic E-state index is 0.00318. The van der Waals surface area contributed by atoms with Crippen LogP contribution in [0.3, 0.4) is 0 Å². The molecular formula is C20H17ClNO3S2+. The van der Waals surface area contributed by atoms with E-state index in [1.54, 1.807) is 31.2 Å². The van der Waals surface area contributed by atoms with Crippen LogP contribution in [0.25, 0.3) is 5.69 Å². The average Bonchev–Trinajstić information content (AvgIpc) is 2.98. The van der Waals surface area contributed by atoms with Crippen LogP contribution in [-0.4, -0.2) is 18.4 Å². The normalized spacial score (nSPS) is 10.6. The maximum absolute atomic E-state index is 13.1. The van der Waals surface area contributed by atoms with E-state index < -0.39 is 0 Å². The van der Waals surface area contributed by atoms with Gasteiger partial charge in [-0.15, -0.1) is 24.0 Å². The number of thiol groups is 1. The first-order valence-electron chi connectivity index (χ1n) is 8.28. The van der Waals surface area contributed by atoms with Gasteiger partial charge in [0, 0.05) is 22.7 Å². The van der Waals surface area contributed by atoms with Crippen LogP contribution < -0.4 is 4.57 Å². The van der Waals surface area contributed by atoms with E-state index in [2.05, 4.69) is 12.6 Å². The Bertz CT molecular complexity index is 969. The van der Waals surface area contributed by atoms with Crippen molar-refractivity contribution in [3.05, 3.63) is 75.9 Å². The minimum Gasteiger partial charge on any atom is -0.466 e. The van der Waals surface area contributed by atoms with Crippen molar-refractivity contribution in [2.45, 2.75) is 17.6 Å². The number of halogens is 1. The highest BCUT2D eigenvalue weighted by atomic mass is 35.5. The zero-order valence-electron chi connectivity index (χ0n) is 14.5. The highest BCUT2D eigenvalue weighted by molar-refractivity contribution is 7.83. The van der Waals surface area contributed by atoms with Crippen LogP contribution in [0.4, 0.5) is 0 Å². The summed E-state index contributed by atoms with van der Waals surface area (Å²) >= 11 is 11.7. The molecule has 0 aliphatic rings. The van der Waals surface area contributed by atoms with E-state index in [1.807, 2.05) is 35.2 Å². The number of hydrogen-bond donors (Lipinski definition) is 1. The molecule has 2 aromatic heterocycles. The second-order valence-electron chi connectivity index (χ2n) is 5.66. The summed E-state index contributed by atoms with van der Waals surface area (Å²) in [4.78, 5) is 25.7. The van der Waals surface area contributed by atoms with Gasteiger partial charge in [-0.25, -0.2) is 0 Å². The molecule has 0 saturated heterocycles. The zero-order chi connectivity index (χ0) is 19.4. The molecule has 1 aromatic carbocycles. The van der Waals surface area contributed by atoms with Gasteiger partial charge in [0.15, 0.2) is 12.4 Å². The van der Waals surface area contributed by atoms with Gasteiger partial charge >= 0.3 is 5.97 Å². The molecular weight excluding hydrogens is 402 g/mol. The summed E-state index contributed by atoms with van der Waals surface area (Å²) in [6.07, 6.45) is 3.71. The molecule has 3 rings (SSSR count). The van der Waals surface area contributed by atoms with Crippen molar-refractivity contribution in [2.24, 2.45) is 0 Å². The molecule has 0 spiro atoms. The second kappa shape index (κ2) is 8.69. The summed E-state index contributed by atoms with van der Waals surface area (Å²) in [6.45, 7) is 2.03. The van der Waals surface area contributed by atoms with Crippen LogP contribution in [0.15, 0.2) is 59.1 Å². The number of carbonyl (C=O) groups excluding carboxylic acids is 2. The molecule has 4 nitrogen and oxygen atoms in total. The van der Waals surface area contributed by atoms with E-state index in [0.717, 1.165) is 0 Å². The predicted molar refractivity (Wildman–Crippen MR) is 108 cm³/mol. The van der Waals surface area contributed by atoms with Crippen molar-refractivity contribution in [1.29, 1.82) is 0 Å². The lowest BCUT2D eigenvalue weighted by Gasteiger charge is -2.05. The molecule has 2 heterocycles. The number of ketones is 1. The number of benzene rings is 1. The van der Waals surface area contributed by atoms with Crippen LogP contribution >= 0.6 is 35.6 Å². The predicted octanol–water partition coefficient (Wildman–Crippen LogP) is 4.30. The molecule has 0 N–H and O–H groups in total. The van der Waals surface area contributed by atoms with Crippen molar-refractivity contribution in [3.8, 4) is 5.69 Å². The molecule has 3 aromatic rings. The number of nitrogens with zero attached hydrogens (tertiary/aromatic N) is 1. The Morgan fingerprint density at radius 2 is 1.81 bits per heavy atom. The topological polar surface area (TPSA) is 47.3 Å². The summed E-state index contributed by atoms with van der Waals surface area (Å²) < 4.78 is 7.61. The fourth-order valence-electron chi connectivity index (χ4n) is 2.69. The average molecular weight is 419 g/mol. The van der Waals surface area contributed by atoms with Crippen molar-refractivity contribution in [3.63, 3.8) is 0 Å². The molecule has 0 fully saturated rings. The fourth-order valence-corrected chi connectivity index (χ4v) is 4.36. The third-order valence-electron chi connectivity index (χ3n) is 3.87. The number of esters is 1. The van der Waals surface area contributed by atoms with Gasteiger partial charge in [-0.3, -0.25) is 9.59 Å². The largest absolute Gasteiger partial charge is 0.466 e. The van der Waals surface area contributed by atoms with Crippen molar-refractivity contribution >= 4 is 47.3 Å². The quantitative estimate of drug-likeness (QED) is 0.281. The number of pyridine rings is 1. The van der Waals surface area contributed by atoms with Gasteiger partial charge in [-0.1, -0.05) is 17.7 Å². The van der Waals surface area contributed by atoms with Gasteiger partial charge in [0.05, 0.1) is 23.5 Å². The molecule has 0 aliphatic heterocycles. The first-order chi connectivity index (χ1) is 13.0. The lowest BCUT2D eigenvalue weighted by molar-refractivity contribution is -0.598. The molecule has 0 bridgehead atoms. The third-order valence-corrected chi connectivity index (χ3v) is 5.63. The van der Waals surface area contributed by atoms with Crippen LogP contribution in [0.5, 0.6) is 0 Å². The monoisotopic (exact) mass is 418 g/mol. The van der Waals surface area contributed by atoms with E-state index in [1.165, 1.54) is 11.3 Å². The Morgan fingerprint density at radius 1 is 1.15 bits per heavy atom. The highest BCUT2D eigenvalue weighted by Crippen LogP contribution is 2.34. The summed E-state index contributed by atoms with van der Waals surface area (Å²) in [7, 11) is 0. The minimum atomic E-state index is -0.383. The van der Waals surface area contributed by atoms with Crippen LogP contribution in [0, 0.1) is 0 Å². The molecule has 0 amide bonds. The van der Waals surface area contributed by atoms with Crippen molar-refractivity contribution in [1.82, 2.24) is 0 Å². The molecule has 0 aliphatic carbocycles. The van der Waals surface area contributed by atoms with E-state index >= 15 is 0 Å². The SMILES string of the molecule is CCOC(=O)Cc1c(C(=O)c2ccc(Cl)cc2)sc(S)c1-[n+]1ccccc1. The Morgan fingerprint density at radius 3 is 2.44 bits per heavy atom. The molecule has 0 atom stereocenters. The number of thiophene rings is 1. The third kappa shape index (κ3) is 4.40. The summed E-state index contributed by atoms with van der Waals surface area (Å²) in [6, 6.07) is 12.3. The first kappa shape index (κ1) is 19.6. The van der Waals surface area contributed by atoms with Gasteiger partial charge in [0.1, 0.15) is 4.21 Å². The highest BCUT2D eigenvalue weighted by Gasteiger charge is 2.30. The Kier molecular flexibility index (Phi) is 6.31. The lowest BCUT2D eigenvalue weighted by Crippen LogP contribution is -2.31.